The Morgan fingerprint density at radius 3 is 1.61 bits per heavy atom. The highest BCUT2D eigenvalue weighted by Crippen LogP contribution is 2.23. The van der Waals surface area contributed by atoms with Crippen LogP contribution in [0.1, 0.15) is 104 Å². The minimum absolute atomic E-state index is 0.479. The molecule has 0 amide bonds. The van der Waals surface area contributed by atoms with Crippen LogP contribution in [0.15, 0.2) is 102 Å². The van der Waals surface area contributed by atoms with Gasteiger partial charge in [-0.15, -0.1) is 0 Å². The first-order valence-electron chi connectivity index (χ1n) is 15.4. The third-order valence-corrected chi connectivity index (χ3v) is 6.21. The van der Waals surface area contributed by atoms with Gasteiger partial charge in [-0.2, -0.15) is 0 Å². The van der Waals surface area contributed by atoms with Crippen molar-refractivity contribution in [3.8, 4) is 0 Å². The van der Waals surface area contributed by atoms with E-state index in [1.165, 1.54) is 39.1 Å². The third-order valence-electron chi connectivity index (χ3n) is 6.21. The van der Waals surface area contributed by atoms with Gasteiger partial charge in [0, 0.05) is 30.9 Å². The summed E-state index contributed by atoms with van der Waals surface area (Å²) in [6.45, 7) is 29.1. The van der Waals surface area contributed by atoms with E-state index in [9.17, 15) is 0 Å². The fraction of sp³-hybridized carbons (Fsp3) is 0.410. The van der Waals surface area contributed by atoms with Gasteiger partial charge in [0.15, 0.2) is 0 Å². The predicted molar refractivity (Wildman–Crippen MR) is 189 cm³/mol. The van der Waals surface area contributed by atoms with E-state index in [0.717, 1.165) is 18.5 Å². The largest absolute Gasteiger partial charge is 0.370 e. The first-order valence-corrected chi connectivity index (χ1v) is 15.4. The summed E-state index contributed by atoms with van der Waals surface area (Å²) in [6.07, 6.45) is 0.933. The van der Waals surface area contributed by atoms with Gasteiger partial charge in [-0.25, -0.2) is 0 Å². The van der Waals surface area contributed by atoms with Crippen molar-refractivity contribution in [2.75, 3.05) is 18.5 Å². The molecule has 0 aliphatic rings. The zero-order chi connectivity index (χ0) is 32.0. The van der Waals surface area contributed by atoms with E-state index < -0.39 is 0 Å². The van der Waals surface area contributed by atoms with E-state index in [1.807, 2.05) is 55.4 Å². The van der Waals surface area contributed by atoms with Crippen LogP contribution >= 0.6 is 0 Å². The van der Waals surface area contributed by atoms with Crippen LogP contribution in [0.5, 0.6) is 0 Å². The van der Waals surface area contributed by atoms with Crippen LogP contribution in [0, 0.1) is 12.3 Å². The van der Waals surface area contributed by atoms with Crippen molar-refractivity contribution < 1.29 is 0 Å². The predicted octanol–water partition coefficient (Wildman–Crippen LogP) is 11.8. The lowest BCUT2D eigenvalue weighted by Crippen LogP contribution is -2.23. The van der Waals surface area contributed by atoms with Crippen molar-refractivity contribution in [3.05, 3.63) is 124 Å². The Morgan fingerprint density at radius 2 is 1.20 bits per heavy atom. The second-order valence-electron chi connectivity index (χ2n) is 9.80. The minimum Gasteiger partial charge on any atom is -0.370 e. The number of anilines is 1. The second kappa shape index (κ2) is 23.3. The fourth-order valence-corrected chi connectivity index (χ4v) is 3.99. The highest BCUT2D eigenvalue weighted by molar-refractivity contribution is 5.97. The molecule has 2 nitrogen and oxygen atoms in total. The number of aryl methyl sites for hydroxylation is 1. The normalized spacial score (nSPS) is 9.88. The summed E-state index contributed by atoms with van der Waals surface area (Å²) in [5.74, 6) is 0.479. The second-order valence-corrected chi connectivity index (χ2v) is 9.80. The zero-order valence-corrected chi connectivity index (χ0v) is 28.7. The molecule has 0 saturated heterocycles. The van der Waals surface area contributed by atoms with Gasteiger partial charge >= 0.3 is 0 Å². The van der Waals surface area contributed by atoms with Crippen LogP contribution in [0.25, 0.3) is 0 Å². The summed E-state index contributed by atoms with van der Waals surface area (Å²) in [5, 5.41) is 7.85. The molecule has 2 heteroatoms. The minimum atomic E-state index is 0.479. The molecule has 0 aromatic heterocycles. The van der Waals surface area contributed by atoms with Gasteiger partial charge in [0.2, 0.25) is 0 Å². The molecule has 0 aliphatic carbocycles. The molecule has 3 rings (SSSR count). The first-order chi connectivity index (χ1) is 19.6. The fourth-order valence-electron chi connectivity index (χ4n) is 3.99. The van der Waals surface area contributed by atoms with Crippen LogP contribution in [0.3, 0.4) is 0 Å². The molecule has 226 valence electrons. The van der Waals surface area contributed by atoms with Crippen molar-refractivity contribution in [2.24, 2.45) is 0 Å². The van der Waals surface area contributed by atoms with Crippen molar-refractivity contribution in [2.45, 2.75) is 95.4 Å². The van der Waals surface area contributed by atoms with Gasteiger partial charge in [0.05, 0.1) is 0 Å². The number of nitrogens with one attached hydrogen (secondary N) is 1. The Bertz CT molecular complexity index is 1120. The quantitative estimate of drug-likeness (QED) is 0.217. The average molecular weight is 557 g/mol. The summed E-state index contributed by atoms with van der Waals surface area (Å²) < 4.78 is 0. The molecule has 0 spiro atoms. The first kappa shape index (κ1) is 39.8. The average Bonchev–Trinajstić information content (AvgIpc) is 2.99. The number of rotatable bonds is 8. The molecule has 0 heterocycles. The maximum Gasteiger partial charge on any atom is 0.0443 e. The molecule has 0 saturated carbocycles. The maximum atomic E-state index is 7.85. The SMILES string of the molecule is C=C(C)Cc1ccc(N(C)CC(C(C)=N)=C(C)C)cc1.CC.CC.CC.Cc1ccc(C(C)c2ccccc2)cc1. The van der Waals surface area contributed by atoms with Gasteiger partial charge in [0.1, 0.15) is 0 Å². The van der Waals surface area contributed by atoms with Gasteiger partial charge in [-0.1, -0.05) is 138 Å². The number of nitrogens with zero attached hydrogens (tertiary/aromatic N) is 1. The Balaban J connectivity index is 0. The Kier molecular flexibility index (Phi) is 22.6. The highest BCUT2D eigenvalue weighted by Gasteiger charge is 2.08. The number of benzene rings is 3. The van der Waals surface area contributed by atoms with Crippen LogP contribution in [0.2, 0.25) is 0 Å². The van der Waals surface area contributed by atoms with E-state index in [1.54, 1.807) is 0 Å². The Labute approximate surface area is 254 Å². The molecule has 0 radical (unpaired) electrons. The lowest BCUT2D eigenvalue weighted by molar-refractivity contribution is 0.921. The number of hydrogen-bond acceptors (Lipinski definition) is 2. The van der Waals surface area contributed by atoms with E-state index >= 15 is 0 Å². The molecule has 41 heavy (non-hydrogen) atoms. The van der Waals surface area contributed by atoms with Gasteiger partial charge in [-0.05, 0) is 75.4 Å². The summed E-state index contributed by atoms with van der Waals surface area (Å²) in [6, 6.07) is 28.0. The molecule has 3 aromatic carbocycles. The Hall–Kier alpha value is -3.39. The standard InChI is InChI=1S/C18H26N2.C15H16.3C2H6/c1-13(2)11-16-7-9-17(10-8-16)20(6)12-18(14(3)4)15(5)19;1-12-8-10-15(11-9-12)13(2)14-6-4-3-5-7-14;3*1-2/h7-10,19H,1,11-12H2,2-6H3;3-11,13H,1-2H3;3*1-2H3. The molecule has 1 N–H and O–H groups in total. The number of likely N-dealkylation sites (N-methyl/N-ethyl adjacent to an activating group) is 1. The maximum absolute atomic E-state index is 7.85. The lowest BCUT2D eigenvalue weighted by Gasteiger charge is -2.22. The van der Waals surface area contributed by atoms with E-state index in [-0.39, 0.29) is 0 Å². The van der Waals surface area contributed by atoms with Crippen LogP contribution in [-0.2, 0) is 6.42 Å². The highest BCUT2D eigenvalue weighted by atomic mass is 15.1. The summed E-state index contributed by atoms with van der Waals surface area (Å²) >= 11 is 0. The van der Waals surface area contributed by atoms with Crippen LogP contribution in [0.4, 0.5) is 5.69 Å². The third kappa shape index (κ3) is 15.8. The molecule has 0 bridgehead atoms. The number of allylic oxidation sites excluding steroid dienone is 2. The van der Waals surface area contributed by atoms with Crippen LogP contribution < -0.4 is 4.90 Å². The van der Waals surface area contributed by atoms with Crippen LogP contribution in [-0.4, -0.2) is 19.3 Å². The molecule has 3 aromatic rings. The van der Waals surface area contributed by atoms with E-state index in [0.29, 0.717) is 11.6 Å². The van der Waals surface area contributed by atoms with Crippen molar-refractivity contribution in [1.82, 2.24) is 0 Å². The molecule has 0 fully saturated rings. The molecule has 0 aliphatic heterocycles. The van der Waals surface area contributed by atoms with E-state index in [4.69, 9.17) is 5.41 Å². The van der Waals surface area contributed by atoms with Gasteiger partial charge in [0.25, 0.3) is 0 Å². The topological polar surface area (TPSA) is 27.1 Å². The van der Waals surface area contributed by atoms with Crippen molar-refractivity contribution >= 4 is 11.4 Å². The Morgan fingerprint density at radius 1 is 0.732 bits per heavy atom. The van der Waals surface area contributed by atoms with Gasteiger partial charge in [-0.3, -0.25) is 0 Å². The molecule has 1 unspecified atom stereocenters. The smallest absolute Gasteiger partial charge is 0.0443 e. The molecule has 1 atom stereocenters. The number of hydrogen-bond donors (Lipinski definition) is 1. The lowest BCUT2D eigenvalue weighted by atomic mass is 9.93. The zero-order valence-electron chi connectivity index (χ0n) is 28.7. The summed E-state index contributed by atoms with van der Waals surface area (Å²) in [7, 11) is 2.07. The van der Waals surface area contributed by atoms with Crippen molar-refractivity contribution in [3.63, 3.8) is 0 Å². The molecular formula is C39H60N2. The van der Waals surface area contributed by atoms with E-state index in [2.05, 4.69) is 125 Å². The van der Waals surface area contributed by atoms with Crippen molar-refractivity contribution in [1.29, 1.82) is 5.41 Å². The monoisotopic (exact) mass is 556 g/mol. The molecular weight excluding hydrogens is 496 g/mol. The summed E-state index contributed by atoms with van der Waals surface area (Å²) in [4.78, 5) is 2.19. The van der Waals surface area contributed by atoms with Gasteiger partial charge < -0.3 is 10.3 Å². The summed E-state index contributed by atoms with van der Waals surface area (Å²) in [5.41, 5.74) is 10.7.